The standard InChI is InChI=1S/C9H15BrO/c1-9(4-8(9)5-10)7-2-3-11-6-7/h7-8H,2-6H2,1H3. The molecule has 64 valence electrons. The third-order valence-electron chi connectivity index (χ3n) is 3.51. The summed E-state index contributed by atoms with van der Waals surface area (Å²) in [4.78, 5) is 0. The van der Waals surface area contributed by atoms with Crippen molar-refractivity contribution in [3.63, 3.8) is 0 Å². The predicted octanol–water partition coefficient (Wildman–Crippen LogP) is 2.44. The van der Waals surface area contributed by atoms with Crippen LogP contribution in [0.2, 0.25) is 0 Å². The predicted molar refractivity (Wildman–Crippen MR) is 48.9 cm³/mol. The Morgan fingerprint density at radius 3 is 2.91 bits per heavy atom. The van der Waals surface area contributed by atoms with Crippen LogP contribution in [0.25, 0.3) is 0 Å². The van der Waals surface area contributed by atoms with E-state index in [1.807, 2.05) is 0 Å². The first kappa shape index (κ1) is 8.06. The van der Waals surface area contributed by atoms with E-state index in [1.54, 1.807) is 0 Å². The van der Waals surface area contributed by atoms with Gasteiger partial charge in [-0.1, -0.05) is 22.9 Å². The van der Waals surface area contributed by atoms with Gasteiger partial charge in [-0.25, -0.2) is 0 Å². The van der Waals surface area contributed by atoms with E-state index in [0.29, 0.717) is 5.41 Å². The highest BCUT2D eigenvalue weighted by Gasteiger charge is 2.54. The van der Waals surface area contributed by atoms with Crippen LogP contribution in [0.5, 0.6) is 0 Å². The maximum absolute atomic E-state index is 5.40. The molecule has 1 saturated heterocycles. The monoisotopic (exact) mass is 218 g/mol. The van der Waals surface area contributed by atoms with Crippen molar-refractivity contribution in [2.24, 2.45) is 17.3 Å². The SMILES string of the molecule is CC1(C2CCOC2)CC1CBr. The molecule has 0 aromatic carbocycles. The molecule has 1 saturated carbocycles. The van der Waals surface area contributed by atoms with E-state index >= 15 is 0 Å². The molecule has 0 radical (unpaired) electrons. The van der Waals surface area contributed by atoms with Crippen LogP contribution >= 0.6 is 15.9 Å². The molecule has 2 heteroatoms. The molecular formula is C9H15BrO. The maximum atomic E-state index is 5.40. The summed E-state index contributed by atoms with van der Waals surface area (Å²) in [6.45, 7) is 4.42. The number of hydrogen-bond donors (Lipinski definition) is 0. The molecule has 0 N–H and O–H groups in total. The highest BCUT2D eigenvalue weighted by Crippen LogP contribution is 2.59. The Morgan fingerprint density at radius 2 is 2.45 bits per heavy atom. The minimum Gasteiger partial charge on any atom is -0.381 e. The number of rotatable bonds is 2. The fourth-order valence-electron chi connectivity index (χ4n) is 2.26. The summed E-state index contributed by atoms with van der Waals surface area (Å²) in [5.74, 6) is 1.78. The van der Waals surface area contributed by atoms with Crippen LogP contribution in [0.4, 0.5) is 0 Å². The Labute approximate surface area is 76.6 Å². The van der Waals surface area contributed by atoms with Gasteiger partial charge in [-0.15, -0.1) is 0 Å². The second-order valence-corrected chi connectivity index (χ2v) is 4.77. The van der Waals surface area contributed by atoms with Crippen LogP contribution < -0.4 is 0 Å². The van der Waals surface area contributed by atoms with E-state index in [0.717, 1.165) is 25.0 Å². The summed E-state index contributed by atoms with van der Waals surface area (Å²) in [5, 5.41) is 1.18. The lowest BCUT2D eigenvalue weighted by atomic mass is 9.88. The van der Waals surface area contributed by atoms with E-state index in [-0.39, 0.29) is 0 Å². The van der Waals surface area contributed by atoms with Gasteiger partial charge < -0.3 is 4.74 Å². The summed E-state index contributed by atoms with van der Waals surface area (Å²) in [7, 11) is 0. The molecule has 2 aliphatic rings. The lowest BCUT2D eigenvalue weighted by Gasteiger charge is -2.16. The van der Waals surface area contributed by atoms with Gasteiger partial charge in [0, 0.05) is 18.5 Å². The van der Waals surface area contributed by atoms with Crippen molar-refractivity contribution >= 4 is 15.9 Å². The van der Waals surface area contributed by atoms with Gasteiger partial charge in [0.25, 0.3) is 0 Å². The third-order valence-corrected chi connectivity index (χ3v) is 4.29. The first-order valence-corrected chi connectivity index (χ1v) is 5.53. The topological polar surface area (TPSA) is 9.23 Å². The number of halogens is 1. The molecule has 0 aromatic rings. The second-order valence-electron chi connectivity index (χ2n) is 4.12. The lowest BCUT2D eigenvalue weighted by molar-refractivity contribution is 0.167. The maximum Gasteiger partial charge on any atom is 0.0500 e. The van der Waals surface area contributed by atoms with Crippen molar-refractivity contribution in [3.8, 4) is 0 Å². The first-order chi connectivity index (χ1) is 5.27. The molecule has 2 rings (SSSR count). The summed E-state index contributed by atoms with van der Waals surface area (Å²) < 4.78 is 5.40. The van der Waals surface area contributed by atoms with Crippen LogP contribution in [0.15, 0.2) is 0 Å². The van der Waals surface area contributed by atoms with Gasteiger partial charge in [-0.05, 0) is 30.1 Å². The molecule has 0 amide bonds. The van der Waals surface area contributed by atoms with Gasteiger partial charge >= 0.3 is 0 Å². The van der Waals surface area contributed by atoms with Crippen molar-refractivity contribution in [2.45, 2.75) is 19.8 Å². The molecule has 3 unspecified atom stereocenters. The van der Waals surface area contributed by atoms with Gasteiger partial charge in [-0.2, -0.15) is 0 Å². The van der Waals surface area contributed by atoms with E-state index in [2.05, 4.69) is 22.9 Å². The van der Waals surface area contributed by atoms with Crippen molar-refractivity contribution in [1.29, 1.82) is 0 Å². The molecule has 1 nitrogen and oxygen atoms in total. The zero-order chi connectivity index (χ0) is 7.90. The van der Waals surface area contributed by atoms with Gasteiger partial charge in [0.1, 0.15) is 0 Å². The normalized spacial score (nSPS) is 49.6. The fourth-order valence-corrected chi connectivity index (χ4v) is 3.23. The minimum absolute atomic E-state index is 0.625. The zero-order valence-corrected chi connectivity index (χ0v) is 8.56. The summed E-state index contributed by atoms with van der Waals surface area (Å²) in [6.07, 6.45) is 2.70. The summed E-state index contributed by atoms with van der Waals surface area (Å²) in [5.41, 5.74) is 0.625. The third kappa shape index (κ3) is 1.25. The van der Waals surface area contributed by atoms with Crippen molar-refractivity contribution in [1.82, 2.24) is 0 Å². The lowest BCUT2D eigenvalue weighted by Crippen LogP contribution is -2.15. The molecule has 0 spiro atoms. The molecule has 3 atom stereocenters. The van der Waals surface area contributed by atoms with Gasteiger partial charge in [-0.3, -0.25) is 0 Å². The molecule has 11 heavy (non-hydrogen) atoms. The van der Waals surface area contributed by atoms with Crippen LogP contribution in [-0.4, -0.2) is 18.5 Å². The van der Waals surface area contributed by atoms with E-state index < -0.39 is 0 Å². The quantitative estimate of drug-likeness (QED) is 0.648. The van der Waals surface area contributed by atoms with Gasteiger partial charge in [0.2, 0.25) is 0 Å². The van der Waals surface area contributed by atoms with Crippen molar-refractivity contribution < 1.29 is 4.74 Å². The van der Waals surface area contributed by atoms with E-state index in [1.165, 1.54) is 18.2 Å². The fraction of sp³-hybridized carbons (Fsp3) is 1.00. The highest BCUT2D eigenvalue weighted by molar-refractivity contribution is 9.09. The van der Waals surface area contributed by atoms with Crippen LogP contribution in [-0.2, 0) is 4.74 Å². The van der Waals surface area contributed by atoms with E-state index in [9.17, 15) is 0 Å². The smallest absolute Gasteiger partial charge is 0.0500 e. The van der Waals surface area contributed by atoms with Crippen molar-refractivity contribution in [3.05, 3.63) is 0 Å². The zero-order valence-electron chi connectivity index (χ0n) is 6.98. The van der Waals surface area contributed by atoms with Crippen LogP contribution in [0.3, 0.4) is 0 Å². The van der Waals surface area contributed by atoms with E-state index in [4.69, 9.17) is 4.74 Å². The second kappa shape index (κ2) is 2.74. The highest BCUT2D eigenvalue weighted by atomic mass is 79.9. The minimum atomic E-state index is 0.625. The molecule has 1 heterocycles. The molecule has 1 aliphatic carbocycles. The summed E-state index contributed by atoms with van der Waals surface area (Å²) >= 11 is 3.56. The number of hydrogen-bond acceptors (Lipinski definition) is 1. The first-order valence-electron chi connectivity index (χ1n) is 4.41. The Bertz CT molecular complexity index is 154. The summed E-state index contributed by atoms with van der Waals surface area (Å²) in [6, 6.07) is 0. The van der Waals surface area contributed by atoms with Gasteiger partial charge in [0.15, 0.2) is 0 Å². The Morgan fingerprint density at radius 1 is 1.64 bits per heavy atom. The van der Waals surface area contributed by atoms with Crippen molar-refractivity contribution in [2.75, 3.05) is 18.5 Å². The largest absolute Gasteiger partial charge is 0.381 e. The molecule has 2 fully saturated rings. The van der Waals surface area contributed by atoms with Crippen LogP contribution in [0.1, 0.15) is 19.8 Å². The van der Waals surface area contributed by atoms with Gasteiger partial charge in [0.05, 0.1) is 0 Å². The number of alkyl halides is 1. The average Bonchev–Trinajstić information content (AvgIpc) is 2.55. The molecule has 0 bridgehead atoms. The Balaban J connectivity index is 1.94. The Hall–Kier alpha value is 0.440. The average molecular weight is 219 g/mol. The van der Waals surface area contributed by atoms with Crippen LogP contribution in [0, 0.1) is 17.3 Å². The molecule has 1 aliphatic heterocycles. The molecule has 0 aromatic heterocycles. The number of ether oxygens (including phenoxy) is 1. The molecular weight excluding hydrogens is 204 g/mol. The Kier molecular flexibility index (Phi) is 2.00.